The molecule has 3 nitrogen and oxygen atoms in total. The summed E-state index contributed by atoms with van der Waals surface area (Å²) >= 11 is 0. The summed E-state index contributed by atoms with van der Waals surface area (Å²) in [7, 11) is 0. The molecule has 0 radical (unpaired) electrons. The number of aromatic nitrogens is 2. The minimum absolute atomic E-state index is 0.526. The summed E-state index contributed by atoms with van der Waals surface area (Å²) in [6.07, 6.45) is 3.12. The van der Waals surface area contributed by atoms with E-state index in [0.717, 1.165) is 29.7 Å². The lowest BCUT2D eigenvalue weighted by Crippen LogP contribution is -2.10. The fraction of sp³-hybridized carbons (Fsp3) is 0.667. The van der Waals surface area contributed by atoms with Crippen LogP contribution in [0.2, 0.25) is 0 Å². The van der Waals surface area contributed by atoms with E-state index in [1.807, 2.05) is 20.0 Å². The lowest BCUT2D eigenvalue weighted by molar-refractivity contribution is 0.572. The van der Waals surface area contributed by atoms with Gasteiger partial charge in [-0.25, -0.2) is 4.98 Å². The van der Waals surface area contributed by atoms with Crippen LogP contribution in [0, 0.1) is 25.2 Å². The van der Waals surface area contributed by atoms with Gasteiger partial charge in [0.1, 0.15) is 5.82 Å². The number of hydrogen-bond acceptors (Lipinski definition) is 3. The van der Waals surface area contributed by atoms with Gasteiger partial charge in [0.25, 0.3) is 0 Å². The average Bonchev–Trinajstić information content (AvgIpc) is 2.76. The Morgan fingerprint density at radius 3 is 2.73 bits per heavy atom. The van der Waals surface area contributed by atoms with Crippen molar-refractivity contribution in [2.75, 3.05) is 11.9 Å². The van der Waals surface area contributed by atoms with Gasteiger partial charge in [0, 0.05) is 12.7 Å². The molecule has 0 saturated heterocycles. The molecule has 1 aliphatic rings. The molecule has 82 valence electrons. The van der Waals surface area contributed by atoms with E-state index >= 15 is 0 Å². The van der Waals surface area contributed by atoms with Gasteiger partial charge in [-0.3, -0.25) is 4.98 Å². The van der Waals surface area contributed by atoms with Gasteiger partial charge in [-0.1, -0.05) is 13.8 Å². The van der Waals surface area contributed by atoms with Gasteiger partial charge in [0.15, 0.2) is 0 Å². The van der Waals surface area contributed by atoms with E-state index in [4.69, 9.17) is 0 Å². The lowest BCUT2D eigenvalue weighted by atomic mass is 10.1. The van der Waals surface area contributed by atoms with E-state index in [1.54, 1.807) is 0 Å². The zero-order chi connectivity index (χ0) is 11.1. The first-order chi connectivity index (χ1) is 6.99. The molecule has 1 N–H and O–H groups in total. The first-order valence-corrected chi connectivity index (χ1v) is 5.53. The number of aryl methyl sites for hydroxylation is 2. The van der Waals surface area contributed by atoms with Crippen LogP contribution in [0.3, 0.4) is 0 Å². The second-order valence-electron chi connectivity index (χ2n) is 5.22. The predicted molar refractivity (Wildman–Crippen MR) is 61.9 cm³/mol. The summed E-state index contributed by atoms with van der Waals surface area (Å²) in [5.41, 5.74) is 2.48. The van der Waals surface area contributed by atoms with Gasteiger partial charge in [-0.15, -0.1) is 0 Å². The van der Waals surface area contributed by atoms with Crippen LogP contribution in [-0.4, -0.2) is 16.5 Å². The van der Waals surface area contributed by atoms with Crippen LogP contribution in [0.5, 0.6) is 0 Å². The summed E-state index contributed by atoms with van der Waals surface area (Å²) in [5.74, 6) is 1.73. The molecule has 15 heavy (non-hydrogen) atoms. The molecule has 1 atom stereocenters. The quantitative estimate of drug-likeness (QED) is 0.824. The Balaban J connectivity index is 1.96. The summed E-state index contributed by atoms with van der Waals surface area (Å²) in [6, 6.07) is 0. The van der Waals surface area contributed by atoms with Crippen LogP contribution in [0.4, 0.5) is 5.82 Å². The molecule has 1 heterocycles. The van der Waals surface area contributed by atoms with Crippen LogP contribution in [0.15, 0.2) is 6.20 Å². The van der Waals surface area contributed by atoms with Gasteiger partial charge in [-0.05, 0) is 31.6 Å². The largest absolute Gasteiger partial charge is 0.368 e. The number of anilines is 1. The smallest absolute Gasteiger partial charge is 0.147 e. The van der Waals surface area contributed by atoms with Crippen molar-refractivity contribution in [3.05, 3.63) is 17.6 Å². The predicted octanol–water partition coefficient (Wildman–Crippen LogP) is 2.55. The van der Waals surface area contributed by atoms with E-state index in [-0.39, 0.29) is 0 Å². The maximum absolute atomic E-state index is 4.45. The van der Waals surface area contributed by atoms with Crippen LogP contribution in [0.25, 0.3) is 0 Å². The SMILES string of the molecule is Cc1cnc(C)c(NCC2CC2(C)C)n1. The Morgan fingerprint density at radius 1 is 1.47 bits per heavy atom. The van der Waals surface area contributed by atoms with Crippen LogP contribution in [0.1, 0.15) is 31.7 Å². The highest BCUT2D eigenvalue weighted by atomic mass is 15.0. The van der Waals surface area contributed by atoms with Crippen LogP contribution < -0.4 is 5.32 Å². The Kier molecular flexibility index (Phi) is 2.41. The average molecular weight is 205 g/mol. The monoisotopic (exact) mass is 205 g/mol. The number of nitrogens with one attached hydrogen (secondary N) is 1. The van der Waals surface area contributed by atoms with Crippen molar-refractivity contribution in [3.63, 3.8) is 0 Å². The minimum atomic E-state index is 0.526. The van der Waals surface area contributed by atoms with Gasteiger partial charge in [0.05, 0.1) is 11.4 Å². The molecule has 1 fully saturated rings. The number of rotatable bonds is 3. The molecule has 1 unspecified atom stereocenters. The Bertz CT molecular complexity index is 371. The van der Waals surface area contributed by atoms with Gasteiger partial charge < -0.3 is 5.32 Å². The third-order valence-electron chi connectivity index (χ3n) is 3.31. The topological polar surface area (TPSA) is 37.8 Å². The van der Waals surface area contributed by atoms with Crippen molar-refractivity contribution in [3.8, 4) is 0 Å². The van der Waals surface area contributed by atoms with Crippen molar-refractivity contribution in [2.45, 2.75) is 34.1 Å². The van der Waals surface area contributed by atoms with Gasteiger partial charge in [-0.2, -0.15) is 0 Å². The zero-order valence-electron chi connectivity index (χ0n) is 9.96. The second-order valence-corrected chi connectivity index (χ2v) is 5.22. The summed E-state index contributed by atoms with van der Waals surface area (Å²) in [5, 5.41) is 3.40. The minimum Gasteiger partial charge on any atom is -0.368 e. The summed E-state index contributed by atoms with van der Waals surface area (Å²) in [6.45, 7) is 9.61. The maximum atomic E-state index is 4.45. The Labute approximate surface area is 91.3 Å². The summed E-state index contributed by atoms with van der Waals surface area (Å²) < 4.78 is 0. The molecule has 1 aromatic rings. The Morgan fingerprint density at radius 2 is 2.13 bits per heavy atom. The first-order valence-electron chi connectivity index (χ1n) is 5.53. The lowest BCUT2D eigenvalue weighted by Gasteiger charge is -2.09. The van der Waals surface area contributed by atoms with Gasteiger partial charge in [0.2, 0.25) is 0 Å². The summed E-state index contributed by atoms with van der Waals surface area (Å²) in [4.78, 5) is 8.73. The Hall–Kier alpha value is -1.12. The van der Waals surface area contributed by atoms with E-state index in [9.17, 15) is 0 Å². The molecule has 2 rings (SSSR count). The fourth-order valence-corrected chi connectivity index (χ4v) is 1.85. The highest BCUT2D eigenvalue weighted by Crippen LogP contribution is 2.51. The second kappa shape index (κ2) is 3.47. The molecule has 0 aliphatic heterocycles. The van der Waals surface area contributed by atoms with Gasteiger partial charge >= 0.3 is 0 Å². The number of nitrogens with zero attached hydrogens (tertiary/aromatic N) is 2. The van der Waals surface area contributed by atoms with Crippen molar-refractivity contribution in [1.29, 1.82) is 0 Å². The van der Waals surface area contributed by atoms with Crippen molar-refractivity contribution in [2.24, 2.45) is 11.3 Å². The maximum Gasteiger partial charge on any atom is 0.147 e. The third kappa shape index (κ3) is 2.28. The first kappa shape index (κ1) is 10.4. The molecule has 1 saturated carbocycles. The van der Waals surface area contributed by atoms with Crippen LogP contribution >= 0.6 is 0 Å². The number of hydrogen-bond donors (Lipinski definition) is 1. The fourth-order valence-electron chi connectivity index (χ4n) is 1.85. The highest BCUT2D eigenvalue weighted by molar-refractivity contribution is 5.39. The van der Waals surface area contributed by atoms with E-state index in [2.05, 4.69) is 29.1 Å². The molecule has 0 bridgehead atoms. The van der Waals surface area contributed by atoms with E-state index < -0.39 is 0 Å². The molecular formula is C12H19N3. The van der Waals surface area contributed by atoms with Crippen molar-refractivity contribution in [1.82, 2.24) is 9.97 Å². The molecule has 0 amide bonds. The molecular weight excluding hydrogens is 186 g/mol. The molecule has 1 aromatic heterocycles. The highest BCUT2D eigenvalue weighted by Gasteiger charge is 2.45. The van der Waals surface area contributed by atoms with Crippen molar-refractivity contribution >= 4 is 5.82 Å². The van der Waals surface area contributed by atoms with E-state index in [0.29, 0.717) is 5.41 Å². The molecule has 0 aromatic carbocycles. The van der Waals surface area contributed by atoms with Crippen LogP contribution in [-0.2, 0) is 0 Å². The molecule has 3 heteroatoms. The molecule has 0 spiro atoms. The normalized spacial score (nSPS) is 22.5. The zero-order valence-corrected chi connectivity index (χ0v) is 9.96. The third-order valence-corrected chi connectivity index (χ3v) is 3.31. The standard InChI is InChI=1S/C12H19N3/c1-8-6-13-9(2)11(15-8)14-7-10-5-12(10,3)4/h6,10H,5,7H2,1-4H3,(H,14,15). The van der Waals surface area contributed by atoms with E-state index in [1.165, 1.54) is 6.42 Å². The van der Waals surface area contributed by atoms with Crippen molar-refractivity contribution < 1.29 is 0 Å². The molecule has 1 aliphatic carbocycles.